The van der Waals surface area contributed by atoms with Gasteiger partial charge in [0.1, 0.15) is 12.6 Å². The van der Waals surface area contributed by atoms with Crippen molar-refractivity contribution in [3.8, 4) is 11.1 Å². The minimum absolute atomic E-state index is 0.0928. The molecule has 1 unspecified atom stereocenters. The normalized spacial score (nSPS) is 19.2. The molecule has 0 saturated carbocycles. The first-order valence-electron chi connectivity index (χ1n) is 13.7. The van der Waals surface area contributed by atoms with Crippen molar-refractivity contribution in [2.24, 2.45) is 0 Å². The average Bonchev–Trinajstić information content (AvgIpc) is 3.59. The number of methoxy groups -OCH3 is 1. The Bertz CT molecular complexity index is 1370. The van der Waals surface area contributed by atoms with Crippen LogP contribution in [0.4, 0.5) is 4.79 Å². The molecule has 2 aliphatic rings. The summed E-state index contributed by atoms with van der Waals surface area (Å²) in [6.45, 7) is 2.07. The number of fused-ring (bicyclic) bond motifs is 3. The number of nitrogens with one attached hydrogen (secondary N) is 1. The molecule has 3 aromatic carbocycles. The number of carbonyl (C=O) groups is 3. The summed E-state index contributed by atoms with van der Waals surface area (Å²) in [5.74, 6) is -1.73. The van der Waals surface area contributed by atoms with Crippen molar-refractivity contribution in [3.05, 3.63) is 95.6 Å². The Balaban J connectivity index is 1.29. The molecule has 214 valence electrons. The van der Waals surface area contributed by atoms with Crippen LogP contribution >= 0.6 is 0 Å². The van der Waals surface area contributed by atoms with Crippen molar-refractivity contribution in [2.45, 2.75) is 43.6 Å². The van der Waals surface area contributed by atoms with E-state index in [-0.39, 0.29) is 38.6 Å². The van der Waals surface area contributed by atoms with Gasteiger partial charge in [-0.1, -0.05) is 78.9 Å². The Morgan fingerprint density at radius 3 is 2.17 bits per heavy atom. The highest BCUT2D eigenvalue weighted by atomic mass is 16.6. The first-order chi connectivity index (χ1) is 19.8. The van der Waals surface area contributed by atoms with Gasteiger partial charge in [-0.25, -0.2) is 9.59 Å². The highest BCUT2D eigenvalue weighted by Crippen LogP contribution is 2.44. The first kappa shape index (κ1) is 28.3. The molecular formula is C32H34N2O7. The Morgan fingerprint density at radius 1 is 0.976 bits per heavy atom. The van der Waals surface area contributed by atoms with Crippen molar-refractivity contribution in [2.75, 3.05) is 26.8 Å². The third-order valence-corrected chi connectivity index (χ3v) is 8.03. The zero-order chi connectivity index (χ0) is 29.0. The van der Waals surface area contributed by atoms with Crippen molar-refractivity contribution >= 4 is 18.0 Å². The standard InChI is InChI=1S/C32H34N2O7/c1-21(40-18-22-10-4-3-5-11-22)28(29(35)34-17-16-32(20-34,39-2)30(36)37)33-31(38)41-19-27-25-14-8-6-12-23(25)24-13-7-9-15-26(24)27/h3-15,21,27-28H,16-20H2,1-2H3,(H,33,38)(H,36,37)/t21-,28+,32?/m0/s1. The Labute approximate surface area is 239 Å². The maximum absolute atomic E-state index is 13.7. The number of hydrogen-bond donors (Lipinski definition) is 2. The van der Waals surface area contributed by atoms with Crippen molar-refractivity contribution < 1.29 is 33.7 Å². The smallest absolute Gasteiger partial charge is 0.407 e. The van der Waals surface area contributed by atoms with Crippen LogP contribution in [0, 0.1) is 0 Å². The molecule has 3 aromatic rings. The van der Waals surface area contributed by atoms with E-state index in [4.69, 9.17) is 14.2 Å². The van der Waals surface area contributed by atoms with Gasteiger partial charge in [-0.3, -0.25) is 4.79 Å². The number of alkyl carbamates (subject to hydrolysis) is 1. The molecule has 2 N–H and O–H groups in total. The lowest BCUT2D eigenvalue weighted by atomic mass is 9.98. The second kappa shape index (κ2) is 12.1. The number of nitrogens with zero attached hydrogens (tertiary/aromatic N) is 1. The van der Waals surface area contributed by atoms with Crippen molar-refractivity contribution in [1.82, 2.24) is 10.2 Å². The second-order valence-electron chi connectivity index (χ2n) is 10.5. The summed E-state index contributed by atoms with van der Waals surface area (Å²) in [6.07, 6.45) is -1.34. The number of rotatable bonds is 10. The molecular weight excluding hydrogens is 524 g/mol. The van der Waals surface area contributed by atoms with E-state index in [1.165, 1.54) is 12.0 Å². The van der Waals surface area contributed by atoms with Gasteiger partial charge in [-0.15, -0.1) is 0 Å². The van der Waals surface area contributed by atoms with Crippen LogP contribution in [-0.4, -0.2) is 72.5 Å². The average molecular weight is 559 g/mol. The molecule has 9 nitrogen and oxygen atoms in total. The lowest BCUT2D eigenvalue weighted by molar-refractivity contribution is -0.161. The van der Waals surface area contributed by atoms with Gasteiger partial charge in [0.15, 0.2) is 5.60 Å². The fraction of sp³-hybridized carbons (Fsp3) is 0.344. The summed E-state index contributed by atoms with van der Waals surface area (Å²) < 4.78 is 17.0. The number of likely N-dealkylation sites (tertiary alicyclic amines) is 1. The Kier molecular flexibility index (Phi) is 8.37. The van der Waals surface area contributed by atoms with Crippen LogP contribution < -0.4 is 5.32 Å². The van der Waals surface area contributed by atoms with Crippen LogP contribution in [-0.2, 0) is 30.4 Å². The van der Waals surface area contributed by atoms with E-state index in [9.17, 15) is 19.5 Å². The van der Waals surface area contributed by atoms with E-state index < -0.39 is 35.7 Å². The van der Waals surface area contributed by atoms with Crippen LogP contribution in [0.2, 0.25) is 0 Å². The van der Waals surface area contributed by atoms with Crippen LogP contribution in [0.25, 0.3) is 11.1 Å². The molecule has 0 spiro atoms. The van der Waals surface area contributed by atoms with Gasteiger partial charge in [0.25, 0.3) is 0 Å². The number of ether oxygens (including phenoxy) is 3. The highest BCUT2D eigenvalue weighted by Gasteiger charge is 2.48. The Hall–Kier alpha value is -4.21. The molecule has 3 atom stereocenters. The molecule has 1 aliphatic carbocycles. The number of amides is 2. The fourth-order valence-corrected chi connectivity index (χ4v) is 5.64. The molecule has 0 aromatic heterocycles. The maximum Gasteiger partial charge on any atom is 0.407 e. The van der Waals surface area contributed by atoms with E-state index in [1.807, 2.05) is 66.7 Å². The summed E-state index contributed by atoms with van der Waals surface area (Å²) >= 11 is 0. The van der Waals surface area contributed by atoms with Crippen LogP contribution in [0.5, 0.6) is 0 Å². The monoisotopic (exact) mass is 558 g/mol. The van der Waals surface area contributed by atoms with E-state index in [2.05, 4.69) is 17.4 Å². The summed E-state index contributed by atoms with van der Waals surface area (Å²) in [4.78, 5) is 40.1. The van der Waals surface area contributed by atoms with Crippen LogP contribution in [0.1, 0.15) is 36.0 Å². The van der Waals surface area contributed by atoms with Gasteiger partial charge in [-0.2, -0.15) is 0 Å². The number of benzene rings is 3. The number of hydrogen-bond acceptors (Lipinski definition) is 6. The van der Waals surface area contributed by atoms with Crippen molar-refractivity contribution in [3.63, 3.8) is 0 Å². The van der Waals surface area contributed by atoms with E-state index in [1.54, 1.807) is 6.92 Å². The van der Waals surface area contributed by atoms with Crippen LogP contribution in [0.15, 0.2) is 78.9 Å². The number of carboxylic acid groups (broad SMARTS) is 1. The molecule has 5 rings (SSSR count). The fourth-order valence-electron chi connectivity index (χ4n) is 5.64. The van der Waals surface area contributed by atoms with Gasteiger partial charge in [-0.05, 0) is 34.7 Å². The molecule has 1 saturated heterocycles. The van der Waals surface area contributed by atoms with E-state index in [0.717, 1.165) is 27.8 Å². The number of carboxylic acids is 1. The Morgan fingerprint density at radius 2 is 1.59 bits per heavy atom. The van der Waals surface area contributed by atoms with E-state index >= 15 is 0 Å². The SMILES string of the molecule is COC1(C(=O)O)CCN(C(=O)[C@H](NC(=O)OCC2c3ccccc3-c3ccccc32)[C@H](C)OCc2ccccc2)C1. The summed E-state index contributed by atoms with van der Waals surface area (Å²) in [7, 11) is 1.32. The lowest BCUT2D eigenvalue weighted by Gasteiger charge is -2.29. The first-order valence-corrected chi connectivity index (χ1v) is 13.7. The number of carbonyl (C=O) groups excluding carboxylic acids is 2. The van der Waals surface area contributed by atoms with Crippen LogP contribution in [0.3, 0.4) is 0 Å². The lowest BCUT2D eigenvalue weighted by Crippen LogP contribution is -2.55. The number of aliphatic carboxylic acids is 1. The predicted octanol–water partition coefficient (Wildman–Crippen LogP) is 4.20. The minimum atomic E-state index is -1.49. The molecule has 0 radical (unpaired) electrons. The highest BCUT2D eigenvalue weighted by molar-refractivity contribution is 5.88. The molecule has 9 heteroatoms. The van der Waals surface area contributed by atoms with E-state index in [0.29, 0.717) is 0 Å². The molecule has 2 amide bonds. The summed E-state index contributed by atoms with van der Waals surface area (Å²) in [6, 6.07) is 24.5. The zero-order valence-electron chi connectivity index (χ0n) is 23.1. The summed E-state index contributed by atoms with van der Waals surface area (Å²) in [5, 5.41) is 12.4. The quantitative estimate of drug-likeness (QED) is 0.383. The predicted molar refractivity (Wildman–Crippen MR) is 151 cm³/mol. The third-order valence-electron chi connectivity index (χ3n) is 8.03. The molecule has 41 heavy (non-hydrogen) atoms. The molecule has 1 fully saturated rings. The van der Waals surface area contributed by atoms with Gasteiger partial charge in [0.2, 0.25) is 5.91 Å². The summed E-state index contributed by atoms with van der Waals surface area (Å²) in [5.41, 5.74) is 3.81. The molecule has 0 bridgehead atoms. The minimum Gasteiger partial charge on any atom is -0.479 e. The largest absolute Gasteiger partial charge is 0.479 e. The van der Waals surface area contributed by atoms with Gasteiger partial charge in [0.05, 0.1) is 19.3 Å². The molecule has 1 aliphatic heterocycles. The zero-order valence-corrected chi connectivity index (χ0v) is 23.1. The third kappa shape index (κ3) is 5.82. The van der Waals surface area contributed by atoms with Gasteiger partial charge >= 0.3 is 12.1 Å². The van der Waals surface area contributed by atoms with Gasteiger partial charge < -0.3 is 29.5 Å². The molecule has 1 heterocycles. The topological polar surface area (TPSA) is 114 Å². The van der Waals surface area contributed by atoms with Crippen molar-refractivity contribution in [1.29, 1.82) is 0 Å². The second-order valence-corrected chi connectivity index (χ2v) is 10.5. The van der Waals surface area contributed by atoms with Gasteiger partial charge in [0, 0.05) is 26.0 Å². The maximum atomic E-state index is 13.7.